The molecule has 21 heavy (non-hydrogen) atoms. The minimum Gasteiger partial charge on any atom is -0.491 e. The van der Waals surface area contributed by atoms with E-state index in [-0.39, 0.29) is 24.9 Å². The number of alkyl halides is 3. The number of carbonyl (C=O) groups excluding carboxylic acids is 1. The molecule has 0 aromatic heterocycles. The van der Waals surface area contributed by atoms with Crippen molar-refractivity contribution in [3.8, 4) is 5.75 Å². The van der Waals surface area contributed by atoms with Gasteiger partial charge in [-0.25, -0.2) is 0 Å². The van der Waals surface area contributed by atoms with Crippen molar-refractivity contribution in [2.75, 3.05) is 18.9 Å². The van der Waals surface area contributed by atoms with Gasteiger partial charge in [-0.1, -0.05) is 6.07 Å². The number of hydrogen-bond acceptors (Lipinski definition) is 3. The summed E-state index contributed by atoms with van der Waals surface area (Å²) in [6.07, 6.45) is -4.75. The third-order valence-electron chi connectivity index (χ3n) is 2.75. The van der Waals surface area contributed by atoms with Crippen LogP contribution < -0.4 is 15.8 Å². The smallest absolute Gasteiger partial charge is 0.389 e. The number of unbranched alkanes of at least 4 members (excludes halogenated alkanes) is 1. The number of amides is 1. The average Bonchev–Trinajstić information content (AvgIpc) is 2.39. The molecule has 0 spiro atoms. The Bertz CT molecular complexity index is 476. The number of hydrogen-bond donors (Lipinski definition) is 2. The number of ether oxygens (including phenoxy) is 1. The standard InChI is InChI=1S/C14H19F3N2O2/c1-2-21-12-10(6-5-7-11(12)18)13(20)19-9-4-3-8-14(15,16)17/h5-7H,2-4,8-9,18H2,1H3,(H,19,20). The van der Waals surface area contributed by atoms with Crippen LogP contribution >= 0.6 is 0 Å². The summed E-state index contributed by atoms with van der Waals surface area (Å²) in [4.78, 5) is 12.0. The highest BCUT2D eigenvalue weighted by atomic mass is 19.4. The van der Waals surface area contributed by atoms with Crippen molar-refractivity contribution < 1.29 is 22.7 Å². The van der Waals surface area contributed by atoms with Crippen molar-refractivity contribution in [1.29, 1.82) is 0 Å². The summed E-state index contributed by atoms with van der Waals surface area (Å²) in [5, 5.41) is 2.57. The van der Waals surface area contributed by atoms with Crippen LogP contribution in [0.5, 0.6) is 5.75 Å². The fourth-order valence-corrected chi connectivity index (χ4v) is 1.79. The van der Waals surface area contributed by atoms with E-state index in [1.165, 1.54) is 0 Å². The Hall–Kier alpha value is -1.92. The Morgan fingerprint density at radius 1 is 1.33 bits per heavy atom. The van der Waals surface area contributed by atoms with E-state index in [2.05, 4.69) is 5.32 Å². The molecule has 0 aliphatic carbocycles. The van der Waals surface area contributed by atoms with Crippen LogP contribution in [0.25, 0.3) is 0 Å². The van der Waals surface area contributed by atoms with Gasteiger partial charge in [0.05, 0.1) is 17.9 Å². The molecule has 3 N–H and O–H groups in total. The van der Waals surface area contributed by atoms with Crippen LogP contribution in [0, 0.1) is 0 Å². The number of nitrogens with two attached hydrogens (primary N) is 1. The number of halogens is 3. The molecule has 0 atom stereocenters. The molecule has 0 unspecified atom stereocenters. The van der Waals surface area contributed by atoms with E-state index in [1.807, 2.05) is 0 Å². The van der Waals surface area contributed by atoms with Gasteiger partial charge in [-0.3, -0.25) is 4.79 Å². The molecule has 118 valence electrons. The fourth-order valence-electron chi connectivity index (χ4n) is 1.79. The molecule has 0 saturated heterocycles. The summed E-state index contributed by atoms with van der Waals surface area (Å²) >= 11 is 0. The van der Waals surface area contributed by atoms with Gasteiger partial charge in [0.15, 0.2) is 5.75 Å². The molecule has 1 aromatic rings. The topological polar surface area (TPSA) is 64.3 Å². The zero-order valence-electron chi connectivity index (χ0n) is 11.8. The number of nitrogens with one attached hydrogen (secondary N) is 1. The lowest BCUT2D eigenvalue weighted by Gasteiger charge is -2.12. The summed E-state index contributed by atoms with van der Waals surface area (Å²) in [5.74, 6) is -0.106. The molecule has 0 aliphatic heterocycles. The Labute approximate surface area is 121 Å². The number of anilines is 1. The van der Waals surface area contributed by atoms with Crippen LogP contribution in [0.1, 0.15) is 36.5 Å². The molecule has 0 saturated carbocycles. The van der Waals surface area contributed by atoms with E-state index in [1.54, 1.807) is 25.1 Å². The van der Waals surface area contributed by atoms with E-state index >= 15 is 0 Å². The highest BCUT2D eigenvalue weighted by Crippen LogP contribution is 2.26. The zero-order chi connectivity index (χ0) is 15.9. The summed E-state index contributed by atoms with van der Waals surface area (Å²) in [6, 6.07) is 4.80. The van der Waals surface area contributed by atoms with Crippen LogP contribution in [-0.2, 0) is 0 Å². The van der Waals surface area contributed by atoms with Crippen LogP contribution in [-0.4, -0.2) is 25.2 Å². The van der Waals surface area contributed by atoms with Crippen LogP contribution in [0.4, 0.5) is 18.9 Å². The third kappa shape index (κ3) is 5.93. The van der Waals surface area contributed by atoms with Gasteiger partial charge in [-0.2, -0.15) is 13.2 Å². The molecule has 0 fully saturated rings. The van der Waals surface area contributed by atoms with Gasteiger partial charge in [-0.05, 0) is 31.9 Å². The molecular weight excluding hydrogens is 285 g/mol. The third-order valence-corrected chi connectivity index (χ3v) is 2.75. The van der Waals surface area contributed by atoms with Crippen molar-refractivity contribution in [3.63, 3.8) is 0 Å². The Kier molecular flexibility index (Phi) is 6.33. The summed E-state index contributed by atoms with van der Waals surface area (Å²) in [7, 11) is 0. The summed E-state index contributed by atoms with van der Waals surface area (Å²) in [5.41, 5.74) is 6.37. The van der Waals surface area contributed by atoms with E-state index < -0.39 is 18.5 Å². The van der Waals surface area contributed by atoms with Gasteiger partial charge in [-0.15, -0.1) is 0 Å². The maximum atomic E-state index is 12.0. The number of carbonyl (C=O) groups is 1. The molecule has 0 radical (unpaired) electrons. The first-order chi connectivity index (χ1) is 9.85. The Morgan fingerprint density at radius 2 is 2.05 bits per heavy atom. The van der Waals surface area contributed by atoms with Gasteiger partial charge in [0.25, 0.3) is 5.91 Å². The van der Waals surface area contributed by atoms with Crippen LogP contribution in [0.3, 0.4) is 0 Å². The molecule has 0 bridgehead atoms. The monoisotopic (exact) mass is 304 g/mol. The van der Waals surface area contributed by atoms with Crippen molar-refractivity contribution in [2.45, 2.75) is 32.4 Å². The molecule has 1 amide bonds. The van der Waals surface area contributed by atoms with Gasteiger partial charge in [0, 0.05) is 13.0 Å². The lowest BCUT2D eigenvalue weighted by molar-refractivity contribution is -0.135. The van der Waals surface area contributed by atoms with Gasteiger partial charge in [0.2, 0.25) is 0 Å². The van der Waals surface area contributed by atoms with Gasteiger partial charge < -0.3 is 15.8 Å². The Balaban J connectivity index is 2.51. The lowest BCUT2D eigenvalue weighted by atomic mass is 10.1. The maximum absolute atomic E-state index is 12.0. The van der Waals surface area contributed by atoms with Crippen molar-refractivity contribution in [2.24, 2.45) is 0 Å². The first-order valence-electron chi connectivity index (χ1n) is 6.71. The molecule has 0 heterocycles. The van der Waals surface area contributed by atoms with Gasteiger partial charge >= 0.3 is 6.18 Å². The number of nitrogen functional groups attached to an aromatic ring is 1. The second kappa shape index (κ2) is 7.75. The highest BCUT2D eigenvalue weighted by molar-refractivity contribution is 5.98. The molecule has 1 rings (SSSR count). The molecule has 4 nitrogen and oxygen atoms in total. The van der Waals surface area contributed by atoms with Crippen LogP contribution in [0.2, 0.25) is 0 Å². The predicted molar refractivity (Wildman–Crippen MR) is 74.3 cm³/mol. The van der Waals surface area contributed by atoms with Crippen LogP contribution in [0.15, 0.2) is 18.2 Å². The predicted octanol–water partition coefficient (Wildman–Crippen LogP) is 3.13. The minimum absolute atomic E-state index is 0.0149. The zero-order valence-corrected chi connectivity index (χ0v) is 11.8. The molecular formula is C14H19F3N2O2. The second-order valence-corrected chi connectivity index (χ2v) is 4.49. The van der Waals surface area contributed by atoms with E-state index in [4.69, 9.17) is 10.5 Å². The Morgan fingerprint density at radius 3 is 2.67 bits per heavy atom. The van der Waals surface area contributed by atoms with E-state index in [0.717, 1.165) is 0 Å². The largest absolute Gasteiger partial charge is 0.491 e. The fraction of sp³-hybridized carbons (Fsp3) is 0.500. The number of para-hydroxylation sites is 1. The van der Waals surface area contributed by atoms with E-state index in [0.29, 0.717) is 18.0 Å². The summed E-state index contributed by atoms with van der Waals surface area (Å²) in [6.45, 7) is 2.31. The maximum Gasteiger partial charge on any atom is 0.389 e. The second-order valence-electron chi connectivity index (χ2n) is 4.49. The molecule has 7 heteroatoms. The average molecular weight is 304 g/mol. The normalized spacial score (nSPS) is 11.2. The SMILES string of the molecule is CCOc1c(N)cccc1C(=O)NCCCCC(F)(F)F. The first-order valence-corrected chi connectivity index (χ1v) is 6.71. The summed E-state index contributed by atoms with van der Waals surface area (Å²) < 4.78 is 41.2. The lowest BCUT2D eigenvalue weighted by Crippen LogP contribution is -2.25. The minimum atomic E-state index is -4.15. The number of rotatable bonds is 7. The van der Waals surface area contributed by atoms with Crippen molar-refractivity contribution in [3.05, 3.63) is 23.8 Å². The number of benzene rings is 1. The first kappa shape index (κ1) is 17.1. The van der Waals surface area contributed by atoms with E-state index in [9.17, 15) is 18.0 Å². The molecule has 1 aromatic carbocycles. The van der Waals surface area contributed by atoms with Crippen molar-refractivity contribution >= 4 is 11.6 Å². The van der Waals surface area contributed by atoms with Crippen molar-refractivity contribution in [1.82, 2.24) is 5.32 Å². The quantitative estimate of drug-likeness (QED) is 0.601. The molecule has 0 aliphatic rings. The highest BCUT2D eigenvalue weighted by Gasteiger charge is 2.25. The van der Waals surface area contributed by atoms with Gasteiger partial charge in [0.1, 0.15) is 0 Å².